The summed E-state index contributed by atoms with van der Waals surface area (Å²) in [5.41, 5.74) is 9.84. The largest absolute Gasteiger partial charge is 0.479 e. The van der Waals surface area contributed by atoms with Crippen molar-refractivity contribution >= 4 is 34.4 Å². The lowest BCUT2D eigenvalue weighted by Crippen LogP contribution is -2.22. The lowest BCUT2D eigenvalue weighted by Gasteiger charge is -2.14. The molecule has 0 bridgehead atoms. The van der Waals surface area contributed by atoms with E-state index in [0.29, 0.717) is 22.9 Å². The lowest BCUT2D eigenvalue weighted by molar-refractivity contribution is -0.144. The van der Waals surface area contributed by atoms with Gasteiger partial charge in [-0.3, -0.25) is 4.79 Å². The first-order chi connectivity index (χ1) is 13.2. The molecule has 3 rings (SSSR count). The highest BCUT2D eigenvalue weighted by Crippen LogP contribution is 2.29. The van der Waals surface area contributed by atoms with Crippen LogP contribution in [0.25, 0.3) is 10.9 Å². The van der Waals surface area contributed by atoms with Gasteiger partial charge in [-0.05, 0) is 68.3 Å². The van der Waals surface area contributed by atoms with Crippen molar-refractivity contribution in [2.75, 3.05) is 0 Å². The maximum atomic E-state index is 11.5. The fourth-order valence-corrected chi connectivity index (χ4v) is 3.47. The number of primary amides is 1. The van der Waals surface area contributed by atoms with Crippen molar-refractivity contribution in [1.29, 1.82) is 0 Å². The number of carboxylic acids is 1. The number of benzene rings is 2. The van der Waals surface area contributed by atoms with Crippen molar-refractivity contribution in [2.24, 2.45) is 5.73 Å². The highest BCUT2D eigenvalue weighted by Gasteiger charge is 2.16. The van der Waals surface area contributed by atoms with Gasteiger partial charge in [0, 0.05) is 33.7 Å². The van der Waals surface area contributed by atoms with Gasteiger partial charge in [-0.15, -0.1) is 0 Å². The van der Waals surface area contributed by atoms with Gasteiger partial charge in [-0.1, -0.05) is 11.6 Å². The molecule has 1 heterocycles. The molecule has 3 N–H and O–H groups in total. The first kappa shape index (κ1) is 19.8. The van der Waals surface area contributed by atoms with Crippen LogP contribution in [0.15, 0.2) is 36.4 Å². The maximum Gasteiger partial charge on any atom is 0.344 e. The van der Waals surface area contributed by atoms with E-state index in [1.165, 1.54) is 6.92 Å². The number of aromatic nitrogens is 1. The molecule has 0 saturated heterocycles. The lowest BCUT2D eigenvalue weighted by atomic mass is 10.1. The SMILES string of the molecule is Cc1c(C)n(Cc2cc(Cl)cc(OC(C)C(=O)O)c2)c2ccc(C(N)=O)cc12. The molecular weight excluding hydrogens is 380 g/mol. The molecule has 3 aromatic rings. The number of carbonyl (C=O) groups excluding carboxylic acids is 1. The topological polar surface area (TPSA) is 94.6 Å². The van der Waals surface area contributed by atoms with Crippen molar-refractivity contribution in [3.05, 3.63) is 63.8 Å². The molecule has 0 aliphatic carbocycles. The molecule has 7 heteroatoms. The maximum absolute atomic E-state index is 11.5. The molecule has 1 atom stereocenters. The van der Waals surface area contributed by atoms with Crippen LogP contribution in [0.1, 0.15) is 34.1 Å². The predicted octanol–water partition coefficient (Wildman–Crippen LogP) is 3.91. The molecular formula is C21H21ClN2O4. The Bertz CT molecular complexity index is 1090. The number of ether oxygens (including phenoxy) is 1. The van der Waals surface area contributed by atoms with Gasteiger partial charge in [-0.2, -0.15) is 0 Å². The molecule has 2 aromatic carbocycles. The Morgan fingerprint density at radius 3 is 2.57 bits per heavy atom. The molecule has 0 radical (unpaired) electrons. The number of nitrogens with two attached hydrogens (primary N) is 1. The summed E-state index contributed by atoms with van der Waals surface area (Å²) in [5, 5.41) is 10.5. The number of amides is 1. The number of halogens is 1. The quantitative estimate of drug-likeness (QED) is 0.655. The van der Waals surface area contributed by atoms with Gasteiger partial charge < -0.3 is 20.1 Å². The van der Waals surface area contributed by atoms with Gasteiger partial charge in [0.15, 0.2) is 6.10 Å². The number of nitrogens with zero attached hydrogens (tertiary/aromatic N) is 1. The van der Waals surface area contributed by atoms with Gasteiger partial charge in [0.25, 0.3) is 0 Å². The standard InChI is InChI=1S/C21H21ClN2O4/c1-11-12(2)24(19-5-4-15(20(23)25)8-18(11)19)10-14-6-16(22)9-17(7-14)28-13(3)21(26)27/h4-9,13H,10H2,1-3H3,(H2,23,25)(H,26,27). The van der Waals surface area contributed by atoms with Gasteiger partial charge in [0.2, 0.25) is 5.91 Å². The summed E-state index contributed by atoms with van der Waals surface area (Å²) >= 11 is 6.21. The van der Waals surface area contributed by atoms with Crippen molar-refractivity contribution in [2.45, 2.75) is 33.4 Å². The smallest absolute Gasteiger partial charge is 0.344 e. The van der Waals surface area contributed by atoms with Crippen LogP contribution in [0.4, 0.5) is 0 Å². The van der Waals surface area contributed by atoms with Gasteiger partial charge in [-0.25, -0.2) is 4.79 Å². The van der Waals surface area contributed by atoms with Crippen LogP contribution in [0.5, 0.6) is 5.75 Å². The monoisotopic (exact) mass is 400 g/mol. The molecule has 0 fully saturated rings. The molecule has 146 valence electrons. The zero-order valence-electron chi connectivity index (χ0n) is 15.8. The van der Waals surface area contributed by atoms with Crippen molar-refractivity contribution in [3.8, 4) is 5.75 Å². The highest BCUT2D eigenvalue weighted by atomic mass is 35.5. The number of carbonyl (C=O) groups is 2. The summed E-state index contributed by atoms with van der Waals surface area (Å²) in [5.74, 6) is -1.11. The normalized spacial score (nSPS) is 12.1. The Balaban J connectivity index is 2.01. The zero-order chi connectivity index (χ0) is 20.6. The van der Waals surface area contributed by atoms with E-state index in [2.05, 4.69) is 4.57 Å². The van der Waals surface area contributed by atoms with E-state index in [1.807, 2.05) is 26.0 Å². The molecule has 0 aliphatic rings. The second-order valence-electron chi connectivity index (χ2n) is 6.79. The average molecular weight is 401 g/mol. The Hall–Kier alpha value is -2.99. The second kappa shape index (κ2) is 7.56. The summed E-state index contributed by atoms with van der Waals surface area (Å²) in [6, 6.07) is 10.6. The van der Waals surface area contributed by atoms with Crippen LogP contribution >= 0.6 is 11.6 Å². The second-order valence-corrected chi connectivity index (χ2v) is 7.22. The highest BCUT2D eigenvalue weighted by molar-refractivity contribution is 6.30. The molecule has 0 saturated carbocycles. The minimum Gasteiger partial charge on any atom is -0.479 e. The van der Waals surface area contributed by atoms with Crippen molar-refractivity contribution in [1.82, 2.24) is 4.57 Å². The third-order valence-corrected chi connectivity index (χ3v) is 5.07. The summed E-state index contributed by atoms with van der Waals surface area (Å²) < 4.78 is 7.57. The summed E-state index contributed by atoms with van der Waals surface area (Å²) in [4.78, 5) is 22.5. The average Bonchev–Trinajstić information content (AvgIpc) is 2.85. The number of carboxylic acid groups (broad SMARTS) is 1. The van der Waals surface area contributed by atoms with Crippen LogP contribution in [0.3, 0.4) is 0 Å². The molecule has 0 aliphatic heterocycles. The molecule has 1 amide bonds. The minimum atomic E-state index is -1.05. The Morgan fingerprint density at radius 2 is 1.93 bits per heavy atom. The van der Waals surface area contributed by atoms with E-state index in [4.69, 9.17) is 27.2 Å². The third-order valence-electron chi connectivity index (χ3n) is 4.86. The number of hydrogen-bond donors (Lipinski definition) is 2. The van der Waals surface area contributed by atoms with Crippen molar-refractivity contribution < 1.29 is 19.4 Å². The Kier molecular flexibility index (Phi) is 5.34. The van der Waals surface area contributed by atoms with Crippen LogP contribution in [-0.4, -0.2) is 27.7 Å². The Labute approximate surface area is 167 Å². The van der Waals surface area contributed by atoms with E-state index >= 15 is 0 Å². The van der Waals surface area contributed by atoms with Gasteiger partial charge >= 0.3 is 5.97 Å². The molecule has 0 spiro atoms. The molecule has 1 unspecified atom stereocenters. The molecule has 1 aromatic heterocycles. The van der Waals surface area contributed by atoms with E-state index < -0.39 is 18.0 Å². The fourth-order valence-electron chi connectivity index (χ4n) is 3.22. The van der Waals surface area contributed by atoms with Gasteiger partial charge in [0.05, 0.1) is 0 Å². The van der Waals surface area contributed by atoms with E-state index in [-0.39, 0.29) is 0 Å². The minimum absolute atomic E-state index is 0.402. The summed E-state index contributed by atoms with van der Waals surface area (Å²) in [6.45, 7) is 5.99. The first-order valence-electron chi connectivity index (χ1n) is 8.75. The van der Waals surface area contributed by atoms with E-state index in [9.17, 15) is 9.59 Å². The first-order valence-corrected chi connectivity index (χ1v) is 9.13. The van der Waals surface area contributed by atoms with Crippen LogP contribution in [0, 0.1) is 13.8 Å². The van der Waals surface area contributed by atoms with E-state index in [1.54, 1.807) is 24.3 Å². The molecule has 28 heavy (non-hydrogen) atoms. The number of fused-ring (bicyclic) bond motifs is 1. The number of aliphatic carboxylic acids is 1. The van der Waals surface area contributed by atoms with Gasteiger partial charge in [0.1, 0.15) is 5.75 Å². The van der Waals surface area contributed by atoms with Crippen molar-refractivity contribution in [3.63, 3.8) is 0 Å². The third kappa shape index (κ3) is 3.82. The number of hydrogen-bond acceptors (Lipinski definition) is 3. The predicted molar refractivity (Wildman–Crippen MR) is 108 cm³/mol. The zero-order valence-corrected chi connectivity index (χ0v) is 16.6. The number of rotatable bonds is 6. The summed E-state index contributed by atoms with van der Waals surface area (Å²) in [7, 11) is 0. The summed E-state index contributed by atoms with van der Waals surface area (Å²) in [6.07, 6.45) is -0.977. The van der Waals surface area contributed by atoms with Crippen LogP contribution in [0.2, 0.25) is 5.02 Å². The Morgan fingerprint density at radius 1 is 1.21 bits per heavy atom. The van der Waals surface area contributed by atoms with Crippen LogP contribution in [-0.2, 0) is 11.3 Å². The fraction of sp³-hybridized carbons (Fsp3) is 0.238. The van der Waals surface area contributed by atoms with Crippen LogP contribution < -0.4 is 10.5 Å². The molecule has 6 nitrogen and oxygen atoms in total. The van der Waals surface area contributed by atoms with E-state index in [0.717, 1.165) is 27.7 Å². The number of aryl methyl sites for hydroxylation is 1.